The topological polar surface area (TPSA) is 60.9 Å². The van der Waals surface area contributed by atoms with Crippen LogP contribution in [0.1, 0.15) is 23.6 Å². The zero-order chi connectivity index (χ0) is 16.4. The Labute approximate surface area is 130 Å². The summed E-state index contributed by atoms with van der Waals surface area (Å²) in [5.74, 6) is -0.563. The van der Waals surface area contributed by atoms with Crippen LogP contribution in [0, 0.1) is 13.8 Å². The molecule has 1 aromatic carbocycles. The minimum absolute atomic E-state index is 0.0756. The maximum absolute atomic E-state index is 12.6. The van der Waals surface area contributed by atoms with E-state index in [9.17, 15) is 9.59 Å². The van der Waals surface area contributed by atoms with Gasteiger partial charge in [-0.3, -0.25) is 14.5 Å². The summed E-state index contributed by atoms with van der Waals surface area (Å²) in [4.78, 5) is 28.0. The summed E-state index contributed by atoms with van der Waals surface area (Å²) in [5, 5.41) is 9.14. The number of aliphatic hydroxyl groups is 1. The maximum Gasteiger partial charge on any atom is 0.277 e. The molecule has 1 heterocycles. The highest BCUT2D eigenvalue weighted by atomic mass is 16.3. The molecule has 118 valence electrons. The van der Waals surface area contributed by atoms with E-state index in [4.69, 9.17) is 5.11 Å². The molecule has 1 aliphatic heterocycles. The van der Waals surface area contributed by atoms with Crippen LogP contribution < -0.4 is 0 Å². The van der Waals surface area contributed by atoms with Crippen LogP contribution in [-0.2, 0) is 9.59 Å². The van der Waals surface area contributed by atoms with E-state index in [0.29, 0.717) is 24.4 Å². The van der Waals surface area contributed by atoms with Gasteiger partial charge in [-0.15, -0.1) is 0 Å². The van der Waals surface area contributed by atoms with E-state index in [1.807, 2.05) is 32.0 Å². The van der Waals surface area contributed by atoms with Gasteiger partial charge >= 0.3 is 0 Å². The Bertz CT molecular complexity index is 649. The van der Waals surface area contributed by atoms with Crippen molar-refractivity contribution in [3.8, 4) is 0 Å². The number of carbonyl (C=O) groups excluding carboxylic acids is 2. The Morgan fingerprint density at radius 2 is 1.82 bits per heavy atom. The molecule has 1 aliphatic rings. The van der Waals surface area contributed by atoms with Gasteiger partial charge in [-0.25, -0.2) is 0 Å². The van der Waals surface area contributed by atoms with Gasteiger partial charge in [0.2, 0.25) is 0 Å². The molecule has 0 fully saturated rings. The lowest BCUT2D eigenvalue weighted by Gasteiger charge is -2.19. The number of aliphatic hydroxyl groups excluding tert-OH is 1. The highest BCUT2D eigenvalue weighted by Gasteiger charge is 2.39. The Hall–Kier alpha value is -2.14. The van der Waals surface area contributed by atoms with Crippen LogP contribution in [0.5, 0.6) is 0 Å². The van der Waals surface area contributed by atoms with Gasteiger partial charge in [-0.1, -0.05) is 18.2 Å². The van der Waals surface area contributed by atoms with Crippen molar-refractivity contribution in [1.82, 2.24) is 9.80 Å². The Morgan fingerprint density at radius 1 is 1.14 bits per heavy atom. The average Bonchev–Trinajstić information content (AvgIpc) is 2.73. The van der Waals surface area contributed by atoms with Gasteiger partial charge in [0.15, 0.2) is 0 Å². The minimum Gasteiger partial charge on any atom is -0.395 e. The molecule has 0 bridgehead atoms. The van der Waals surface area contributed by atoms with Gasteiger partial charge in [-0.2, -0.15) is 0 Å². The molecule has 1 aromatic rings. The van der Waals surface area contributed by atoms with E-state index >= 15 is 0 Å². The van der Waals surface area contributed by atoms with Crippen LogP contribution in [0.3, 0.4) is 0 Å². The van der Waals surface area contributed by atoms with Gasteiger partial charge in [-0.05, 0) is 37.5 Å². The number of amides is 2. The highest BCUT2D eigenvalue weighted by molar-refractivity contribution is 6.35. The molecule has 2 rings (SSSR count). The summed E-state index contributed by atoms with van der Waals surface area (Å²) in [6.07, 6.45) is 0. The van der Waals surface area contributed by atoms with Gasteiger partial charge in [0, 0.05) is 20.1 Å². The molecular weight excluding hydrogens is 280 g/mol. The van der Waals surface area contributed by atoms with E-state index in [1.54, 1.807) is 18.9 Å². The Morgan fingerprint density at radius 3 is 2.36 bits per heavy atom. The first-order chi connectivity index (χ1) is 10.4. The second-order valence-corrected chi connectivity index (χ2v) is 5.52. The number of likely N-dealkylation sites (N-methyl/N-ethyl adjacent to an activating group) is 2. The third-order valence-electron chi connectivity index (χ3n) is 4.07. The second kappa shape index (κ2) is 6.32. The quantitative estimate of drug-likeness (QED) is 0.834. The normalized spacial score (nSPS) is 15.0. The zero-order valence-electron chi connectivity index (χ0n) is 13.5. The van der Waals surface area contributed by atoms with Gasteiger partial charge in [0.1, 0.15) is 5.70 Å². The van der Waals surface area contributed by atoms with Crippen LogP contribution in [-0.4, -0.2) is 53.5 Å². The molecule has 0 spiro atoms. The summed E-state index contributed by atoms with van der Waals surface area (Å²) in [6, 6.07) is 5.75. The van der Waals surface area contributed by atoms with Crippen LogP contribution >= 0.6 is 0 Å². The van der Waals surface area contributed by atoms with Crippen LogP contribution in [0.2, 0.25) is 0 Å². The predicted octanol–water partition coefficient (Wildman–Crippen LogP) is 1.33. The Balaban J connectivity index is 2.60. The monoisotopic (exact) mass is 302 g/mol. The van der Waals surface area contributed by atoms with Gasteiger partial charge in [0.05, 0.1) is 12.2 Å². The molecule has 0 radical (unpaired) electrons. The third-order valence-corrected chi connectivity index (χ3v) is 4.07. The summed E-state index contributed by atoms with van der Waals surface area (Å²) in [7, 11) is 1.72. The first-order valence-corrected chi connectivity index (χ1v) is 7.42. The lowest BCUT2D eigenvalue weighted by atomic mass is 9.99. The molecule has 1 N–H and O–H groups in total. The molecule has 5 heteroatoms. The molecule has 0 aliphatic carbocycles. The van der Waals surface area contributed by atoms with Crippen molar-refractivity contribution in [2.24, 2.45) is 0 Å². The molecule has 22 heavy (non-hydrogen) atoms. The SMILES string of the molecule is CCN1C(=O)C(c2ccc(C)c(C)c2)=C(N(C)CCO)C1=O. The first-order valence-electron chi connectivity index (χ1n) is 7.42. The number of carbonyl (C=O) groups is 2. The van der Waals surface area contributed by atoms with Crippen LogP contribution in [0.15, 0.2) is 23.9 Å². The standard InChI is InChI=1S/C17H22N2O3/c1-5-19-16(21)14(13-7-6-11(2)12(3)10-13)15(17(19)22)18(4)8-9-20/h6-7,10,20H,5,8-9H2,1-4H3. The van der Waals surface area contributed by atoms with Crippen molar-refractivity contribution in [2.75, 3.05) is 26.7 Å². The number of aryl methyl sites for hydroxylation is 2. The smallest absolute Gasteiger partial charge is 0.277 e. The van der Waals surface area contributed by atoms with Crippen molar-refractivity contribution in [1.29, 1.82) is 0 Å². The second-order valence-electron chi connectivity index (χ2n) is 5.52. The summed E-state index contributed by atoms with van der Waals surface area (Å²) < 4.78 is 0. The van der Waals surface area contributed by atoms with Crippen molar-refractivity contribution >= 4 is 17.4 Å². The van der Waals surface area contributed by atoms with Gasteiger partial charge < -0.3 is 10.0 Å². The lowest BCUT2D eigenvalue weighted by molar-refractivity contribution is -0.137. The summed E-state index contributed by atoms with van der Waals surface area (Å²) >= 11 is 0. The fourth-order valence-corrected chi connectivity index (χ4v) is 2.62. The molecule has 0 saturated heterocycles. The summed E-state index contributed by atoms with van der Waals surface area (Å²) in [5.41, 5.74) is 3.75. The van der Waals surface area contributed by atoms with E-state index in [-0.39, 0.29) is 18.4 Å². The van der Waals surface area contributed by atoms with E-state index < -0.39 is 0 Å². The van der Waals surface area contributed by atoms with Crippen molar-refractivity contribution in [3.63, 3.8) is 0 Å². The minimum atomic E-state index is -0.295. The van der Waals surface area contributed by atoms with Gasteiger partial charge in [0.25, 0.3) is 11.8 Å². The number of rotatable bonds is 5. The van der Waals surface area contributed by atoms with E-state index in [0.717, 1.165) is 16.7 Å². The predicted molar refractivity (Wildman–Crippen MR) is 84.9 cm³/mol. The molecule has 5 nitrogen and oxygen atoms in total. The zero-order valence-corrected chi connectivity index (χ0v) is 13.5. The fraction of sp³-hybridized carbons (Fsp3) is 0.412. The number of benzene rings is 1. The van der Waals surface area contributed by atoms with Crippen molar-refractivity contribution in [2.45, 2.75) is 20.8 Å². The molecule has 0 unspecified atom stereocenters. The highest BCUT2D eigenvalue weighted by Crippen LogP contribution is 2.31. The van der Waals surface area contributed by atoms with E-state index in [2.05, 4.69) is 0 Å². The number of hydrogen-bond acceptors (Lipinski definition) is 4. The first kappa shape index (κ1) is 16.2. The molecule has 0 atom stereocenters. The Kier molecular flexibility index (Phi) is 4.66. The average molecular weight is 302 g/mol. The largest absolute Gasteiger partial charge is 0.395 e. The number of imide groups is 1. The summed E-state index contributed by atoms with van der Waals surface area (Å²) in [6.45, 7) is 6.33. The molecular formula is C17H22N2O3. The lowest BCUT2D eigenvalue weighted by Crippen LogP contribution is -2.34. The number of nitrogens with zero attached hydrogens (tertiary/aromatic N) is 2. The van der Waals surface area contributed by atoms with Crippen molar-refractivity contribution < 1.29 is 14.7 Å². The van der Waals surface area contributed by atoms with E-state index in [1.165, 1.54) is 4.90 Å². The third kappa shape index (κ3) is 2.64. The molecule has 2 amide bonds. The van der Waals surface area contributed by atoms with Crippen LogP contribution in [0.4, 0.5) is 0 Å². The molecule has 0 saturated carbocycles. The molecule has 0 aromatic heterocycles. The fourth-order valence-electron chi connectivity index (χ4n) is 2.62. The maximum atomic E-state index is 12.6. The van der Waals surface area contributed by atoms with Crippen LogP contribution in [0.25, 0.3) is 5.57 Å². The van der Waals surface area contributed by atoms with Crippen molar-refractivity contribution in [3.05, 3.63) is 40.6 Å². The number of hydrogen-bond donors (Lipinski definition) is 1.